The van der Waals surface area contributed by atoms with Crippen LogP contribution in [0.2, 0.25) is 0 Å². The van der Waals surface area contributed by atoms with Gasteiger partial charge in [-0.05, 0) is 48.4 Å². The molecule has 3 rings (SSSR count). The third-order valence-electron chi connectivity index (χ3n) is 3.75. The number of hydrogen-bond acceptors (Lipinski definition) is 3. The molecule has 0 spiro atoms. The third-order valence-corrected chi connectivity index (χ3v) is 3.75. The lowest BCUT2D eigenvalue weighted by molar-refractivity contribution is -0.116. The first-order valence-electron chi connectivity index (χ1n) is 6.74. The number of nitrogens with one attached hydrogen (secondary N) is 2. The van der Waals surface area contributed by atoms with Crippen LogP contribution in [0.5, 0.6) is 0 Å². The van der Waals surface area contributed by atoms with Gasteiger partial charge in [-0.15, -0.1) is 0 Å². The minimum absolute atomic E-state index is 0.117. The topological polar surface area (TPSA) is 64.9 Å². The lowest BCUT2D eigenvalue weighted by Crippen LogP contribution is -2.38. The van der Waals surface area contributed by atoms with Crippen molar-refractivity contribution in [3.05, 3.63) is 53.1 Å². The van der Waals surface area contributed by atoms with Gasteiger partial charge in [-0.3, -0.25) is 10.2 Å². The molecule has 0 saturated carbocycles. The monoisotopic (exact) mass is 277 g/mol. The average Bonchev–Trinajstić information content (AvgIpc) is 2.74. The molecular formula is C17H15N3O. The number of carbonyl (C=O) groups excluding carboxylic acids is 1. The zero-order valence-electron chi connectivity index (χ0n) is 11.9. The summed E-state index contributed by atoms with van der Waals surface area (Å²) in [4.78, 5) is 12.0. The molecule has 1 heterocycles. The smallest absolute Gasteiger partial charge is 0.263 e. The molecule has 0 bridgehead atoms. The summed E-state index contributed by atoms with van der Waals surface area (Å²) < 4.78 is 0. The van der Waals surface area contributed by atoms with E-state index in [0.29, 0.717) is 11.1 Å². The molecule has 1 aliphatic heterocycles. The van der Waals surface area contributed by atoms with Crippen LogP contribution >= 0.6 is 0 Å². The number of rotatable bonds is 1. The Kier molecular flexibility index (Phi) is 3.00. The molecule has 2 N–H and O–H groups in total. The van der Waals surface area contributed by atoms with Crippen LogP contribution in [0.1, 0.15) is 25.0 Å². The largest absolute Gasteiger partial charge is 0.287 e. The Morgan fingerprint density at radius 1 is 1.24 bits per heavy atom. The average molecular weight is 277 g/mol. The van der Waals surface area contributed by atoms with E-state index in [4.69, 9.17) is 5.26 Å². The van der Waals surface area contributed by atoms with Crippen LogP contribution in [0.25, 0.3) is 16.8 Å². The molecule has 4 nitrogen and oxygen atoms in total. The van der Waals surface area contributed by atoms with Gasteiger partial charge in [0.25, 0.3) is 5.91 Å². The number of benzene rings is 2. The van der Waals surface area contributed by atoms with Gasteiger partial charge in [0.1, 0.15) is 0 Å². The van der Waals surface area contributed by atoms with Gasteiger partial charge < -0.3 is 0 Å². The second kappa shape index (κ2) is 4.72. The van der Waals surface area contributed by atoms with Gasteiger partial charge in [0, 0.05) is 5.57 Å². The molecule has 1 fully saturated rings. The lowest BCUT2D eigenvalue weighted by atomic mass is 9.92. The first-order valence-corrected chi connectivity index (χ1v) is 6.74. The van der Waals surface area contributed by atoms with Crippen molar-refractivity contribution >= 4 is 22.8 Å². The van der Waals surface area contributed by atoms with Gasteiger partial charge in [0.05, 0.1) is 17.2 Å². The summed E-state index contributed by atoms with van der Waals surface area (Å²) in [6.45, 7) is 3.89. The van der Waals surface area contributed by atoms with Gasteiger partial charge in [0.2, 0.25) is 0 Å². The quantitative estimate of drug-likeness (QED) is 0.787. The Hall–Kier alpha value is -2.64. The molecule has 0 aromatic heterocycles. The first-order chi connectivity index (χ1) is 10.0. The summed E-state index contributed by atoms with van der Waals surface area (Å²) in [7, 11) is 0. The summed E-state index contributed by atoms with van der Waals surface area (Å²) in [5.74, 6) is -0.117. The number of amides is 1. The molecule has 104 valence electrons. The molecule has 0 aliphatic carbocycles. The van der Waals surface area contributed by atoms with Gasteiger partial charge in [0.15, 0.2) is 0 Å². The summed E-state index contributed by atoms with van der Waals surface area (Å²) in [5.41, 5.74) is 7.41. The molecule has 2 aromatic carbocycles. The predicted molar refractivity (Wildman–Crippen MR) is 82.0 cm³/mol. The molecule has 4 heteroatoms. The summed E-state index contributed by atoms with van der Waals surface area (Å²) >= 11 is 0. The molecular weight excluding hydrogens is 262 g/mol. The normalized spacial score (nSPS) is 18.7. The first kappa shape index (κ1) is 13.3. The Labute approximate surface area is 123 Å². The zero-order chi connectivity index (χ0) is 15.0. The Morgan fingerprint density at radius 2 is 2.05 bits per heavy atom. The van der Waals surface area contributed by atoms with Crippen molar-refractivity contribution in [1.82, 2.24) is 10.9 Å². The summed E-state index contributed by atoms with van der Waals surface area (Å²) in [6, 6.07) is 13.6. The van der Waals surface area contributed by atoms with Crippen molar-refractivity contribution in [3.8, 4) is 6.07 Å². The van der Waals surface area contributed by atoms with E-state index < -0.39 is 5.54 Å². The highest BCUT2D eigenvalue weighted by Crippen LogP contribution is 2.27. The minimum Gasteiger partial charge on any atom is -0.287 e. The van der Waals surface area contributed by atoms with Crippen LogP contribution in [0, 0.1) is 11.3 Å². The number of carbonyl (C=O) groups is 1. The van der Waals surface area contributed by atoms with E-state index in [1.165, 1.54) is 0 Å². The Bertz CT molecular complexity index is 812. The molecule has 0 atom stereocenters. The fraction of sp³-hybridized carbons (Fsp3) is 0.176. The van der Waals surface area contributed by atoms with Crippen molar-refractivity contribution in [2.45, 2.75) is 19.4 Å². The Balaban J connectivity index is 2.21. The molecule has 1 saturated heterocycles. The lowest BCUT2D eigenvalue weighted by Gasteiger charge is -2.17. The highest BCUT2D eigenvalue weighted by Gasteiger charge is 2.34. The zero-order valence-corrected chi connectivity index (χ0v) is 11.9. The van der Waals surface area contributed by atoms with Crippen LogP contribution in [-0.2, 0) is 4.79 Å². The standard InChI is InChI=1S/C17H15N3O/c1-17(2)15(16(21)19-20-17)9-13-5-3-4-12-7-6-11(10-18)8-14(12)13/h3-9,20H,1-2H3,(H,19,21)/b15-9+. The number of fused-ring (bicyclic) bond motifs is 1. The third kappa shape index (κ3) is 2.28. The summed E-state index contributed by atoms with van der Waals surface area (Å²) in [6.07, 6.45) is 1.89. The highest BCUT2D eigenvalue weighted by molar-refractivity contribution is 6.04. The van der Waals surface area contributed by atoms with Gasteiger partial charge in [-0.2, -0.15) is 5.26 Å². The predicted octanol–water partition coefficient (Wildman–Crippen LogP) is 2.51. The van der Waals surface area contributed by atoms with Crippen molar-refractivity contribution in [2.24, 2.45) is 0 Å². The Morgan fingerprint density at radius 3 is 2.71 bits per heavy atom. The van der Waals surface area contributed by atoms with E-state index in [9.17, 15) is 4.79 Å². The minimum atomic E-state index is -0.425. The maximum absolute atomic E-state index is 12.0. The van der Waals surface area contributed by atoms with E-state index in [2.05, 4.69) is 16.9 Å². The van der Waals surface area contributed by atoms with E-state index in [-0.39, 0.29) is 5.91 Å². The molecule has 0 radical (unpaired) electrons. The fourth-order valence-electron chi connectivity index (χ4n) is 2.53. The number of nitriles is 1. The van der Waals surface area contributed by atoms with Crippen molar-refractivity contribution in [2.75, 3.05) is 0 Å². The van der Waals surface area contributed by atoms with Crippen LogP contribution in [0.3, 0.4) is 0 Å². The van der Waals surface area contributed by atoms with Crippen molar-refractivity contribution in [3.63, 3.8) is 0 Å². The maximum Gasteiger partial charge on any atom is 0.263 e. The SMILES string of the molecule is CC1(C)NNC(=O)/C1=C\c1cccc2ccc(C#N)cc12. The number of hydrogen-bond donors (Lipinski definition) is 2. The van der Waals surface area contributed by atoms with Crippen LogP contribution < -0.4 is 10.9 Å². The second-order valence-corrected chi connectivity index (χ2v) is 5.66. The molecule has 2 aromatic rings. The molecule has 1 aliphatic rings. The fourth-order valence-corrected chi connectivity index (χ4v) is 2.53. The number of hydrazine groups is 1. The van der Waals surface area contributed by atoms with Crippen LogP contribution in [0.15, 0.2) is 42.0 Å². The molecule has 1 amide bonds. The van der Waals surface area contributed by atoms with Gasteiger partial charge in [-0.25, -0.2) is 5.43 Å². The van der Waals surface area contributed by atoms with E-state index in [1.54, 1.807) is 6.07 Å². The van der Waals surface area contributed by atoms with Crippen molar-refractivity contribution in [1.29, 1.82) is 5.26 Å². The second-order valence-electron chi connectivity index (χ2n) is 5.66. The number of nitrogens with zero attached hydrogens (tertiary/aromatic N) is 1. The van der Waals surface area contributed by atoms with E-state index >= 15 is 0 Å². The molecule has 21 heavy (non-hydrogen) atoms. The van der Waals surface area contributed by atoms with Crippen LogP contribution in [0.4, 0.5) is 0 Å². The maximum atomic E-state index is 12.0. The van der Waals surface area contributed by atoms with Crippen molar-refractivity contribution < 1.29 is 4.79 Å². The summed E-state index contributed by atoms with van der Waals surface area (Å²) in [5, 5.41) is 11.1. The molecule has 0 unspecified atom stereocenters. The highest BCUT2D eigenvalue weighted by atomic mass is 16.2. The van der Waals surface area contributed by atoms with Crippen LogP contribution in [-0.4, -0.2) is 11.4 Å². The van der Waals surface area contributed by atoms with Gasteiger partial charge >= 0.3 is 0 Å². The van der Waals surface area contributed by atoms with E-state index in [0.717, 1.165) is 16.3 Å². The van der Waals surface area contributed by atoms with Gasteiger partial charge in [-0.1, -0.05) is 24.3 Å². The van der Waals surface area contributed by atoms with E-state index in [1.807, 2.05) is 50.3 Å².